The highest BCUT2D eigenvalue weighted by Crippen LogP contribution is 2.32. The number of ether oxygens (including phenoxy) is 1. The molecule has 2 aromatic carbocycles. The first-order valence-electron chi connectivity index (χ1n) is 8.58. The molecule has 0 amide bonds. The van der Waals surface area contributed by atoms with E-state index in [4.69, 9.17) is 16.3 Å². The van der Waals surface area contributed by atoms with Crippen molar-refractivity contribution in [2.24, 2.45) is 4.99 Å². The molecule has 29 heavy (non-hydrogen) atoms. The Morgan fingerprint density at radius 2 is 2.00 bits per heavy atom. The van der Waals surface area contributed by atoms with Gasteiger partial charge in [0.2, 0.25) is 0 Å². The van der Waals surface area contributed by atoms with E-state index in [0.717, 1.165) is 0 Å². The molecule has 148 valence electrons. The molecule has 2 heterocycles. The second-order valence-electron chi connectivity index (χ2n) is 6.27. The topological polar surface area (TPSA) is 96.9 Å². The first-order chi connectivity index (χ1) is 13.9. The fourth-order valence-electron chi connectivity index (χ4n) is 3.35. The Balaban J connectivity index is 2.03. The van der Waals surface area contributed by atoms with Crippen LogP contribution in [0, 0.1) is 5.82 Å². The van der Waals surface area contributed by atoms with E-state index in [-0.39, 0.29) is 29.3 Å². The minimum Gasteiger partial charge on any atom is -0.464 e. The number of carbonyl (C=O) groups excluding carboxylic acids is 1. The van der Waals surface area contributed by atoms with Crippen LogP contribution < -0.4 is 0 Å². The number of carbonyl (C=O) groups is 1. The van der Waals surface area contributed by atoms with Gasteiger partial charge in [-0.2, -0.15) is 0 Å². The first kappa shape index (κ1) is 19.3. The number of aromatic nitrogens is 2. The standard InChI is InChI=1S/C20H15ClFN3O4/c1-29-20(28)17-18(19(26)27)25-14-7-6-10(21)8-12(14)16(23-9-15(25)24-17)11-4-2-3-5-13(11)22/h2-8,19,26-27H,9H2,1H3. The summed E-state index contributed by atoms with van der Waals surface area (Å²) in [5.74, 6) is -1.01. The number of nitrogens with zero attached hydrogens (tertiary/aromatic N) is 3. The molecule has 1 aliphatic heterocycles. The van der Waals surface area contributed by atoms with Gasteiger partial charge in [-0.25, -0.2) is 14.2 Å². The van der Waals surface area contributed by atoms with Crippen molar-refractivity contribution < 1.29 is 24.1 Å². The maximum absolute atomic E-state index is 14.5. The first-order valence-corrected chi connectivity index (χ1v) is 8.95. The van der Waals surface area contributed by atoms with Gasteiger partial charge in [-0.1, -0.05) is 23.7 Å². The van der Waals surface area contributed by atoms with Crippen molar-refractivity contribution >= 4 is 23.3 Å². The zero-order valence-electron chi connectivity index (χ0n) is 15.1. The average Bonchev–Trinajstić information content (AvgIpc) is 3.01. The molecule has 0 spiro atoms. The number of benzene rings is 2. The number of hydrogen-bond acceptors (Lipinski definition) is 6. The van der Waals surface area contributed by atoms with E-state index in [0.29, 0.717) is 22.0 Å². The fraction of sp³-hybridized carbons (Fsp3) is 0.150. The van der Waals surface area contributed by atoms with Crippen molar-refractivity contribution in [3.05, 3.63) is 81.6 Å². The van der Waals surface area contributed by atoms with Gasteiger partial charge in [-0.05, 0) is 30.3 Å². The van der Waals surface area contributed by atoms with Crippen molar-refractivity contribution in [1.29, 1.82) is 0 Å². The summed E-state index contributed by atoms with van der Waals surface area (Å²) in [7, 11) is 1.17. The Morgan fingerprint density at radius 3 is 2.69 bits per heavy atom. The van der Waals surface area contributed by atoms with Crippen LogP contribution in [-0.4, -0.2) is 38.6 Å². The smallest absolute Gasteiger partial charge is 0.358 e. The van der Waals surface area contributed by atoms with Gasteiger partial charge in [0.1, 0.15) is 17.3 Å². The van der Waals surface area contributed by atoms with E-state index in [1.165, 1.54) is 17.7 Å². The van der Waals surface area contributed by atoms with Crippen LogP contribution in [0.1, 0.15) is 39.4 Å². The number of halogens is 2. The van der Waals surface area contributed by atoms with Crippen LogP contribution in [0.5, 0.6) is 0 Å². The lowest BCUT2D eigenvalue weighted by Gasteiger charge is -2.16. The number of esters is 1. The van der Waals surface area contributed by atoms with Gasteiger partial charge in [0.25, 0.3) is 0 Å². The number of rotatable bonds is 3. The average molecular weight is 416 g/mol. The van der Waals surface area contributed by atoms with E-state index in [2.05, 4.69) is 9.98 Å². The number of fused-ring (bicyclic) bond motifs is 3. The van der Waals surface area contributed by atoms with Crippen molar-refractivity contribution in [2.45, 2.75) is 12.8 Å². The van der Waals surface area contributed by atoms with E-state index in [1.807, 2.05) is 0 Å². The largest absolute Gasteiger partial charge is 0.464 e. The lowest BCUT2D eigenvalue weighted by Crippen LogP contribution is -2.15. The van der Waals surface area contributed by atoms with Crippen LogP contribution in [0.2, 0.25) is 5.02 Å². The monoisotopic (exact) mass is 415 g/mol. The van der Waals surface area contributed by atoms with Gasteiger partial charge in [-0.15, -0.1) is 0 Å². The Hall–Kier alpha value is -3.07. The highest BCUT2D eigenvalue weighted by atomic mass is 35.5. The Kier molecular flexibility index (Phi) is 4.91. The normalized spacial score (nSPS) is 12.8. The molecule has 0 saturated carbocycles. The van der Waals surface area contributed by atoms with Crippen molar-refractivity contribution in [1.82, 2.24) is 9.55 Å². The summed E-state index contributed by atoms with van der Waals surface area (Å²) in [6.07, 6.45) is -2.01. The highest BCUT2D eigenvalue weighted by Gasteiger charge is 2.31. The van der Waals surface area contributed by atoms with Crippen LogP contribution in [0.25, 0.3) is 5.69 Å². The number of aliphatic hydroxyl groups is 2. The molecule has 3 aromatic rings. The second kappa shape index (κ2) is 7.40. The summed E-state index contributed by atoms with van der Waals surface area (Å²) >= 11 is 6.18. The van der Waals surface area contributed by atoms with Gasteiger partial charge in [-0.3, -0.25) is 9.56 Å². The molecular weight excluding hydrogens is 401 g/mol. The summed E-state index contributed by atoms with van der Waals surface area (Å²) in [6, 6.07) is 11.0. The molecule has 4 rings (SSSR count). The predicted molar refractivity (Wildman–Crippen MR) is 103 cm³/mol. The van der Waals surface area contributed by atoms with Crippen LogP contribution in [0.4, 0.5) is 4.39 Å². The lowest BCUT2D eigenvalue weighted by molar-refractivity contribution is -0.0479. The van der Waals surface area contributed by atoms with E-state index in [9.17, 15) is 19.4 Å². The van der Waals surface area contributed by atoms with Gasteiger partial charge in [0.05, 0.1) is 25.1 Å². The molecule has 9 heteroatoms. The molecule has 1 aliphatic rings. The Morgan fingerprint density at radius 1 is 1.24 bits per heavy atom. The predicted octanol–water partition coefficient (Wildman–Crippen LogP) is 2.79. The van der Waals surface area contributed by atoms with Gasteiger partial charge in [0, 0.05) is 16.1 Å². The molecular formula is C20H15ClFN3O4. The SMILES string of the molecule is COC(=O)c1nc2n(c1C(O)O)-c1ccc(Cl)cc1C(c1ccccc1F)=NC2. The van der Waals surface area contributed by atoms with Crippen LogP contribution in [0.15, 0.2) is 47.5 Å². The van der Waals surface area contributed by atoms with Crippen LogP contribution in [0.3, 0.4) is 0 Å². The minimum absolute atomic E-state index is 0.0350. The lowest BCUT2D eigenvalue weighted by atomic mass is 10.00. The molecule has 0 aliphatic carbocycles. The molecule has 0 unspecified atom stereocenters. The summed E-state index contributed by atoms with van der Waals surface area (Å²) in [5.41, 5.74) is 1.08. The molecule has 0 fully saturated rings. The summed E-state index contributed by atoms with van der Waals surface area (Å²) in [6.45, 7) is -0.0350. The van der Waals surface area contributed by atoms with Crippen molar-refractivity contribution in [2.75, 3.05) is 7.11 Å². The zero-order valence-corrected chi connectivity index (χ0v) is 15.9. The number of imidazole rings is 1. The fourth-order valence-corrected chi connectivity index (χ4v) is 3.52. The number of aliphatic hydroxyl groups excluding tert-OH is 1. The van der Waals surface area contributed by atoms with Gasteiger partial charge >= 0.3 is 5.97 Å². The summed E-state index contributed by atoms with van der Waals surface area (Å²) in [5, 5.41) is 20.3. The third kappa shape index (κ3) is 3.21. The summed E-state index contributed by atoms with van der Waals surface area (Å²) < 4.78 is 20.6. The molecule has 0 atom stereocenters. The Bertz CT molecular complexity index is 1160. The molecule has 7 nitrogen and oxygen atoms in total. The van der Waals surface area contributed by atoms with E-state index < -0.39 is 18.1 Å². The van der Waals surface area contributed by atoms with E-state index in [1.54, 1.807) is 36.4 Å². The molecule has 2 N–H and O–H groups in total. The molecule has 0 bridgehead atoms. The number of methoxy groups -OCH3 is 1. The Labute approximate surface area is 169 Å². The van der Waals surface area contributed by atoms with E-state index >= 15 is 0 Å². The second-order valence-corrected chi connectivity index (χ2v) is 6.71. The molecule has 0 radical (unpaired) electrons. The maximum Gasteiger partial charge on any atom is 0.358 e. The van der Waals surface area contributed by atoms with Crippen LogP contribution >= 0.6 is 11.6 Å². The molecule has 1 aromatic heterocycles. The van der Waals surface area contributed by atoms with Gasteiger partial charge in [0.15, 0.2) is 12.0 Å². The van der Waals surface area contributed by atoms with Crippen molar-refractivity contribution in [3.8, 4) is 5.69 Å². The highest BCUT2D eigenvalue weighted by molar-refractivity contribution is 6.31. The number of aliphatic imine (C=N–C) groups is 1. The quantitative estimate of drug-likeness (QED) is 0.506. The van der Waals surface area contributed by atoms with Crippen molar-refractivity contribution in [3.63, 3.8) is 0 Å². The third-order valence-corrected chi connectivity index (χ3v) is 4.80. The zero-order chi connectivity index (χ0) is 20.7. The summed E-state index contributed by atoms with van der Waals surface area (Å²) in [4.78, 5) is 20.8. The van der Waals surface area contributed by atoms with Crippen LogP contribution in [-0.2, 0) is 11.3 Å². The molecule has 0 saturated heterocycles. The number of hydrogen-bond donors (Lipinski definition) is 2. The van der Waals surface area contributed by atoms with Gasteiger partial charge < -0.3 is 14.9 Å². The third-order valence-electron chi connectivity index (χ3n) is 4.57. The maximum atomic E-state index is 14.5. The minimum atomic E-state index is -2.01.